The van der Waals surface area contributed by atoms with Gasteiger partial charge in [-0.15, -0.1) is 0 Å². The summed E-state index contributed by atoms with van der Waals surface area (Å²) in [6.45, 7) is 1.88. The van der Waals surface area contributed by atoms with Gasteiger partial charge in [-0.2, -0.15) is 0 Å². The number of amides is 1. The van der Waals surface area contributed by atoms with Crippen LogP contribution >= 0.6 is 0 Å². The minimum absolute atomic E-state index is 0.0770. The molecule has 0 aromatic rings. The quantitative estimate of drug-likeness (QED) is 0.803. The second-order valence-corrected chi connectivity index (χ2v) is 5.00. The molecule has 2 heterocycles. The molecule has 3 nitrogen and oxygen atoms in total. The topological polar surface area (TPSA) is 32.3 Å². The third-order valence-corrected chi connectivity index (χ3v) is 3.82. The molecule has 98 valence electrons. The van der Waals surface area contributed by atoms with Crippen molar-refractivity contribution in [1.82, 2.24) is 10.2 Å². The van der Waals surface area contributed by atoms with Crippen molar-refractivity contribution in [3.05, 3.63) is 0 Å². The number of nitrogens with one attached hydrogen (secondary N) is 1. The summed E-state index contributed by atoms with van der Waals surface area (Å²) in [7, 11) is 0. The van der Waals surface area contributed by atoms with Crippen molar-refractivity contribution < 1.29 is 13.6 Å². The first kappa shape index (κ1) is 12.7. The number of carbonyl (C=O) groups is 1. The van der Waals surface area contributed by atoms with Gasteiger partial charge in [-0.25, -0.2) is 8.78 Å². The monoisotopic (exact) mass is 246 g/mol. The third-order valence-electron chi connectivity index (χ3n) is 3.82. The van der Waals surface area contributed by atoms with Crippen molar-refractivity contribution in [2.24, 2.45) is 5.92 Å². The van der Waals surface area contributed by atoms with Gasteiger partial charge in [0, 0.05) is 19.0 Å². The van der Waals surface area contributed by atoms with Crippen molar-refractivity contribution in [1.29, 1.82) is 0 Å². The van der Waals surface area contributed by atoms with Gasteiger partial charge >= 0.3 is 0 Å². The average molecular weight is 246 g/mol. The maximum Gasteiger partial charge on any atom is 0.241 e. The first-order valence-corrected chi connectivity index (χ1v) is 6.49. The smallest absolute Gasteiger partial charge is 0.241 e. The van der Waals surface area contributed by atoms with Crippen LogP contribution in [-0.4, -0.2) is 42.9 Å². The Morgan fingerprint density at radius 1 is 1.18 bits per heavy atom. The zero-order chi connectivity index (χ0) is 12.3. The van der Waals surface area contributed by atoms with Crippen LogP contribution < -0.4 is 5.32 Å². The van der Waals surface area contributed by atoms with Crippen molar-refractivity contribution in [2.75, 3.05) is 19.6 Å². The Labute approximate surface area is 101 Å². The zero-order valence-corrected chi connectivity index (χ0v) is 10.0. The predicted octanol–water partition coefficient (Wildman–Crippen LogP) is 1.63. The molecule has 2 fully saturated rings. The molecule has 0 aliphatic carbocycles. The molecule has 0 spiro atoms. The maximum atomic E-state index is 12.5. The van der Waals surface area contributed by atoms with E-state index in [4.69, 9.17) is 0 Å². The highest BCUT2D eigenvalue weighted by Gasteiger charge is 2.31. The fraction of sp³-hybridized carbons (Fsp3) is 0.917. The molecule has 0 bridgehead atoms. The average Bonchev–Trinajstić information content (AvgIpc) is 2.39. The molecule has 1 atom stereocenters. The number of likely N-dealkylation sites (tertiary alicyclic amines) is 1. The van der Waals surface area contributed by atoms with Crippen LogP contribution in [-0.2, 0) is 4.79 Å². The Hall–Kier alpha value is -0.710. The van der Waals surface area contributed by atoms with E-state index in [1.54, 1.807) is 4.90 Å². The van der Waals surface area contributed by atoms with Gasteiger partial charge in [0.15, 0.2) is 0 Å². The molecule has 0 aromatic carbocycles. The first-order chi connectivity index (χ1) is 8.18. The number of piperidine rings is 2. The normalized spacial score (nSPS) is 27.5. The van der Waals surface area contributed by atoms with E-state index < -0.39 is 12.3 Å². The summed E-state index contributed by atoms with van der Waals surface area (Å²) < 4.78 is 25.0. The van der Waals surface area contributed by atoms with Gasteiger partial charge in [0.2, 0.25) is 12.3 Å². The molecule has 1 amide bonds. The van der Waals surface area contributed by atoms with Crippen LogP contribution in [0.1, 0.15) is 32.1 Å². The second kappa shape index (κ2) is 5.76. The van der Waals surface area contributed by atoms with Crippen LogP contribution in [0.15, 0.2) is 0 Å². The van der Waals surface area contributed by atoms with Crippen LogP contribution in [0.2, 0.25) is 0 Å². The molecule has 0 radical (unpaired) electrons. The SMILES string of the molecule is O=C([C@@H]1CCCCN1)N1CCC(C(F)F)CC1. The number of alkyl halides is 2. The summed E-state index contributed by atoms with van der Waals surface area (Å²) in [6.07, 6.45) is 1.73. The Bertz CT molecular complexity index is 259. The van der Waals surface area contributed by atoms with Gasteiger partial charge in [0.05, 0.1) is 6.04 Å². The van der Waals surface area contributed by atoms with E-state index in [1.165, 1.54) is 0 Å². The summed E-state index contributed by atoms with van der Waals surface area (Å²) in [5.74, 6) is -0.407. The summed E-state index contributed by atoms with van der Waals surface area (Å²) in [6, 6.07) is -0.0770. The molecule has 2 aliphatic rings. The molecular weight excluding hydrogens is 226 g/mol. The standard InChI is InChI=1S/C12H20F2N2O/c13-11(14)9-4-7-16(8-5-9)12(17)10-3-1-2-6-15-10/h9-11,15H,1-8H2/t10-/m0/s1. The zero-order valence-electron chi connectivity index (χ0n) is 10.0. The van der Waals surface area contributed by atoms with Gasteiger partial charge in [-0.05, 0) is 32.2 Å². The van der Waals surface area contributed by atoms with Crippen LogP contribution in [0.4, 0.5) is 8.78 Å². The summed E-state index contributed by atoms with van der Waals surface area (Å²) >= 11 is 0. The molecule has 0 unspecified atom stereocenters. The van der Waals surface area contributed by atoms with E-state index in [1.807, 2.05) is 0 Å². The van der Waals surface area contributed by atoms with Crippen molar-refractivity contribution in [3.63, 3.8) is 0 Å². The number of hydrogen-bond donors (Lipinski definition) is 1. The third kappa shape index (κ3) is 3.15. The molecular formula is C12H20F2N2O. The fourth-order valence-corrected chi connectivity index (χ4v) is 2.65. The van der Waals surface area contributed by atoms with Crippen molar-refractivity contribution >= 4 is 5.91 Å². The summed E-state index contributed by atoms with van der Waals surface area (Å²) in [4.78, 5) is 13.9. The molecule has 0 aromatic heterocycles. The number of rotatable bonds is 2. The van der Waals surface area contributed by atoms with Crippen molar-refractivity contribution in [2.45, 2.75) is 44.6 Å². The lowest BCUT2D eigenvalue weighted by molar-refractivity contribution is -0.136. The number of halogens is 2. The van der Waals surface area contributed by atoms with Crippen molar-refractivity contribution in [3.8, 4) is 0 Å². The van der Waals surface area contributed by atoms with Gasteiger partial charge in [0.25, 0.3) is 0 Å². The van der Waals surface area contributed by atoms with Crippen LogP contribution in [0.5, 0.6) is 0 Å². The molecule has 5 heteroatoms. The summed E-state index contributed by atoms with van der Waals surface area (Å²) in [5, 5.41) is 3.21. The molecule has 17 heavy (non-hydrogen) atoms. The second-order valence-electron chi connectivity index (χ2n) is 5.00. The largest absolute Gasteiger partial charge is 0.341 e. The molecule has 2 aliphatic heterocycles. The lowest BCUT2D eigenvalue weighted by Gasteiger charge is -2.35. The Kier molecular flexibility index (Phi) is 4.31. The predicted molar refractivity (Wildman–Crippen MR) is 60.9 cm³/mol. The highest BCUT2D eigenvalue weighted by atomic mass is 19.3. The minimum atomic E-state index is -2.24. The van der Waals surface area contributed by atoms with E-state index in [9.17, 15) is 13.6 Å². The number of carbonyl (C=O) groups excluding carboxylic acids is 1. The Balaban J connectivity index is 1.81. The van der Waals surface area contributed by atoms with E-state index in [0.29, 0.717) is 25.9 Å². The van der Waals surface area contributed by atoms with Gasteiger partial charge < -0.3 is 10.2 Å². The van der Waals surface area contributed by atoms with Gasteiger partial charge in [-0.1, -0.05) is 6.42 Å². The van der Waals surface area contributed by atoms with E-state index in [2.05, 4.69) is 5.32 Å². The van der Waals surface area contributed by atoms with E-state index in [0.717, 1.165) is 25.8 Å². The van der Waals surface area contributed by atoms with Gasteiger partial charge in [-0.3, -0.25) is 4.79 Å². The highest BCUT2D eigenvalue weighted by Crippen LogP contribution is 2.24. The number of nitrogens with zero attached hydrogens (tertiary/aromatic N) is 1. The summed E-state index contributed by atoms with van der Waals surface area (Å²) in [5.41, 5.74) is 0. The van der Waals surface area contributed by atoms with Crippen LogP contribution in [0.3, 0.4) is 0 Å². The minimum Gasteiger partial charge on any atom is -0.341 e. The molecule has 2 saturated heterocycles. The lowest BCUT2D eigenvalue weighted by atomic mass is 9.96. The highest BCUT2D eigenvalue weighted by molar-refractivity contribution is 5.82. The number of hydrogen-bond acceptors (Lipinski definition) is 2. The maximum absolute atomic E-state index is 12.5. The van der Waals surface area contributed by atoms with Crippen LogP contribution in [0.25, 0.3) is 0 Å². The molecule has 1 N–H and O–H groups in total. The molecule has 2 rings (SSSR count). The van der Waals surface area contributed by atoms with Gasteiger partial charge in [0.1, 0.15) is 0 Å². The Morgan fingerprint density at radius 2 is 1.88 bits per heavy atom. The van der Waals surface area contributed by atoms with E-state index >= 15 is 0 Å². The lowest BCUT2D eigenvalue weighted by Crippen LogP contribution is -2.51. The first-order valence-electron chi connectivity index (χ1n) is 6.49. The van der Waals surface area contributed by atoms with E-state index in [-0.39, 0.29) is 11.9 Å². The molecule has 0 saturated carbocycles. The fourth-order valence-electron chi connectivity index (χ4n) is 2.65. The Morgan fingerprint density at radius 3 is 2.41 bits per heavy atom. The van der Waals surface area contributed by atoms with Crippen LogP contribution in [0, 0.1) is 5.92 Å².